The maximum Gasteiger partial charge on any atom is 0.0746 e. The van der Waals surface area contributed by atoms with Crippen molar-refractivity contribution < 1.29 is 4.74 Å². The highest BCUT2D eigenvalue weighted by Crippen LogP contribution is 2.29. The van der Waals surface area contributed by atoms with Gasteiger partial charge in [-0.3, -0.25) is 0 Å². The number of hydrogen-bond donors (Lipinski definition) is 1. The summed E-state index contributed by atoms with van der Waals surface area (Å²) in [6, 6.07) is 6.72. The molecule has 3 nitrogen and oxygen atoms in total. The molecule has 1 aromatic carbocycles. The summed E-state index contributed by atoms with van der Waals surface area (Å²) in [6.07, 6.45) is 3.99. The third kappa shape index (κ3) is 2.25. The van der Waals surface area contributed by atoms with Crippen LogP contribution >= 0.6 is 0 Å². The normalized spacial score (nSPS) is 23.8. The Morgan fingerprint density at radius 2 is 2.33 bits per heavy atom. The van der Waals surface area contributed by atoms with Crippen LogP contribution in [0, 0.1) is 0 Å². The van der Waals surface area contributed by atoms with Crippen molar-refractivity contribution >= 4 is 5.69 Å². The number of fused-ring (bicyclic) bond motifs is 1. The number of methoxy groups -OCH3 is 1. The van der Waals surface area contributed by atoms with E-state index in [0.29, 0.717) is 6.10 Å². The van der Waals surface area contributed by atoms with Gasteiger partial charge in [0.2, 0.25) is 0 Å². The molecule has 1 fully saturated rings. The summed E-state index contributed by atoms with van der Waals surface area (Å²) in [5.41, 5.74) is 4.46. The van der Waals surface area contributed by atoms with Gasteiger partial charge in [-0.1, -0.05) is 12.1 Å². The zero-order chi connectivity index (χ0) is 12.4. The first-order chi connectivity index (χ1) is 8.88. The molecule has 0 radical (unpaired) electrons. The van der Waals surface area contributed by atoms with Crippen molar-refractivity contribution in [1.82, 2.24) is 5.32 Å². The van der Waals surface area contributed by atoms with E-state index < -0.39 is 0 Å². The van der Waals surface area contributed by atoms with Crippen molar-refractivity contribution in [3.05, 3.63) is 29.3 Å². The monoisotopic (exact) mass is 246 g/mol. The van der Waals surface area contributed by atoms with Crippen molar-refractivity contribution in [2.45, 2.75) is 31.9 Å². The van der Waals surface area contributed by atoms with Gasteiger partial charge < -0.3 is 15.0 Å². The minimum Gasteiger partial charge on any atom is -0.380 e. The van der Waals surface area contributed by atoms with E-state index in [1.165, 1.54) is 30.6 Å². The lowest BCUT2D eigenvalue weighted by atomic mass is 9.97. The predicted molar refractivity (Wildman–Crippen MR) is 74.1 cm³/mol. The first-order valence-electron chi connectivity index (χ1n) is 6.97. The molecule has 2 heterocycles. The average Bonchev–Trinajstić information content (AvgIpc) is 2.47. The van der Waals surface area contributed by atoms with Crippen LogP contribution in [0.15, 0.2) is 18.2 Å². The molecule has 0 bridgehead atoms. The molecule has 18 heavy (non-hydrogen) atoms. The largest absolute Gasteiger partial charge is 0.380 e. The Morgan fingerprint density at radius 1 is 1.39 bits per heavy atom. The Bertz CT molecular complexity index is 419. The molecule has 1 N–H and O–H groups in total. The molecule has 0 aromatic heterocycles. The molecule has 0 spiro atoms. The van der Waals surface area contributed by atoms with Crippen LogP contribution in [0.4, 0.5) is 5.69 Å². The molecule has 1 unspecified atom stereocenters. The van der Waals surface area contributed by atoms with Gasteiger partial charge in [-0.2, -0.15) is 0 Å². The van der Waals surface area contributed by atoms with E-state index in [9.17, 15) is 0 Å². The van der Waals surface area contributed by atoms with E-state index in [4.69, 9.17) is 4.74 Å². The van der Waals surface area contributed by atoms with Gasteiger partial charge in [-0.05, 0) is 43.0 Å². The minimum atomic E-state index is 0.399. The lowest BCUT2D eigenvalue weighted by Crippen LogP contribution is -2.40. The number of nitrogens with zero attached hydrogens (tertiary/aromatic N) is 1. The van der Waals surface area contributed by atoms with E-state index in [-0.39, 0.29) is 0 Å². The molecule has 1 atom stereocenters. The number of hydrogen-bond acceptors (Lipinski definition) is 3. The average molecular weight is 246 g/mol. The Balaban J connectivity index is 1.87. The van der Waals surface area contributed by atoms with Crippen molar-refractivity contribution in [2.75, 3.05) is 31.6 Å². The first kappa shape index (κ1) is 12.0. The molecule has 2 aliphatic rings. The molecular formula is C15H22N2O. The van der Waals surface area contributed by atoms with Crippen molar-refractivity contribution in [3.63, 3.8) is 0 Å². The van der Waals surface area contributed by atoms with E-state index >= 15 is 0 Å². The second-order valence-corrected chi connectivity index (χ2v) is 5.29. The Hall–Kier alpha value is -1.06. The maximum atomic E-state index is 5.53. The second kappa shape index (κ2) is 5.29. The number of ether oxygens (including phenoxy) is 1. The van der Waals surface area contributed by atoms with Gasteiger partial charge in [0.05, 0.1) is 6.10 Å². The summed E-state index contributed by atoms with van der Waals surface area (Å²) >= 11 is 0. The molecule has 3 heteroatoms. The quantitative estimate of drug-likeness (QED) is 0.863. The van der Waals surface area contributed by atoms with Crippen LogP contribution in [-0.2, 0) is 17.7 Å². The van der Waals surface area contributed by atoms with E-state index in [1.54, 1.807) is 5.56 Å². The summed E-state index contributed by atoms with van der Waals surface area (Å²) in [4.78, 5) is 2.52. The number of piperidine rings is 1. The summed E-state index contributed by atoms with van der Waals surface area (Å²) < 4.78 is 5.53. The van der Waals surface area contributed by atoms with Gasteiger partial charge in [0.25, 0.3) is 0 Å². The van der Waals surface area contributed by atoms with Crippen LogP contribution in [0.1, 0.15) is 24.0 Å². The van der Waals surface area contributed by atoms with Crippen LogP contribution in [0.5, 0.6) is 0 Å². The fourth-order valence-corrected chi connectivity index (χ4v) is 3.16. The highest BCUT2D eigenvalue weighted by molar-refractivity contribution is 5.58. The van der Waals surface area contributed by atoms with Gasteiger partial charge in [-0.25, -0.2) is 0 Å². The van der Waals surface area contributed by atoms with Gasteiger partial charge in [-0.15, -0.1) is 0 Å². The molecular weight excluding hydrogens is 224 g/mol. The SMILES string of the molecule is COC1CCCN(c2cccc3c2CCNC3)C1. The highest BCUT2D eigenvalue weighted by atomic mass is 16.5. The van der Waals surface area contributed by atoms with E-state index in [0.717, 1.165) is 26.1 Å². The topological polar surface area (TPSA) is 24.5 Å². The molecule has 1 aromatic rings. The number of rotatable bonds is 2. The molecule has 98 valence electrons. The van der Waals surface area contributed by atoms with Gasteiger partial charge in [0.15, 0.2) is 0 Å². The summed E-state index contributed by atoms with van der Waals surface area (Å²) in [5, 5.41) is 3.45. The number of anilines is 1. The first-order valence-corrected chi connectivity index (χ1v) is 6.97. The molecule has 0 amide bonds. The van der Waals surface area contributed by atoms with E-state index in [2.05, 4.69) is 28.4 Å². The maximum absolute atomic E-state index is 5.53. The number of nitrogens with one attached hydrogen (secondary N) is 1. The number of benzene rings is 1. The van der Waals surface area contributed by atoms with Crippen LogP contribution in [0.3, 0.4) is 0 Å². The minimum absolute atomic E-state index is 0.399. The molecule has 3 rings (SSSR count). The molecule has 1 saturated heterocycles. The second-order valence-electron chi connectivity index (χ2n) is 5.29. The Morgan fingerprint density at radius 3 is 3.22 bits per heavy atom. The predicted octanol–water partition coefficient (Wildman–Crippen LogP) is 1.95. The Labute approximate surface area is 109 Å². The van der Waals surface area contributed by atoms with Gasteiger partial charge >= 0.3 is 0 Å². The fourth-order valence-electron chi connectivity index (χ4n) is 3.16. The van der Waals surface area contributed by atoms with Crippen molar-refractivity contribution in [3.8, 4) is 0 Å². The van der Waals surface area contributed by atoms with Crippen LogP contribution in [-0.4, -0.2) is 32.8 Å². The van der Waals surface area contributed by atoms with Crippen LogP contribution < -0.4 is 10.2 Å². The highest BCUT2D eigenvalue weighted by Gasteiger charge is 2.23. The molecule has 0 saturated carbocycles. The third-order valence-electron chi connectivity index (χ3n) is 4.17. The van der Waals surface area contributed by atoms with Gasteiger partial charge in [0, 0.05) is 32.4 Å². The fraction of sp³-hybridized carbons (Fsp3) is 0.600. The van der Waals surface area contributed by atoms with Crippen molar-refractivity contribution in [1.29, 1.82) is 0 Å². The summed E-state index contributed by atoms with van der Waals surface area (Å²) in [5.74, 6) is 0. The third-order valence-corrected chi connectivity index (χ3v) is 4.17. The molecule has 0 aliphatic carbocycles. The van der Waals surface area contributed by atoms with Crippen LogP contribution in [0.2, 0.25) is 0 Å². The van der Waals surface area contributed by atoms with Gasteiger partial charge in [0.1, 0.15) is 0 Å². The van der Waals surface area contributed by atoms with Crippen molar-refractivity contribution in [2.24, 2.45) is 0 Å². The van der Waals surface area contributed by atoms with Crippen LogP contribution in [0.25, 0.3) is 0 Å². The standard InChI is InChI=1S/C15H22N2O/c1-18-13-5-3-9-17(11-13)15-6-2-4-12-10-16-8-7-14(12)15/h2,4,6,13,16H,3,5,7-11H2,1H3. The molecule has 2 aliphatic heterocycles. The zero-order valence-electron chi connectivity index (χ0n) is 11.1. The Kier molecular flexibility index (Phi) is 3.52. The summed E-state index contributed by atoms with van der Waals surface area (Å²) in [6.45, 7) is 4.33. The smallest absolute Gasteiger partial charge is 0.0746 e. The summed E-state index contributed by atoms with van der Waals surface area (Å²) in [7, 11) is 1.83. The lowest BCUT2D eigenvalue weighted by Gasteiger charge is -2.36. The zero-order valence-corrected chi connectivity index (χ0v) is 11.1. The van der Waals surface area contributed by atoms with E-state index in [1.807, 2.05) is 7.11 Å². The lowest BCUT2D eigenvalue weighted by molar-refractivity contribution is 0.0893.